The molecule has 0 radical (unpaired) electrons. The molecule has 0 bridgehead atoms. The van der Waals surface area contributed by atoms with E-state index in [1.807, 2.05) is 30.3 Å². The summed E-state index contributed by atoms with van der Waals surface area (Å²) in [7, 11) is 3.68. The summed E-state index contributed by atoms with van der Waals surface area (Å²) in [6.07, 6.45) is 6.06. The summed E-state index contributed by atoms with van der Waals surface area (Å²) in [6, 6.07) is 0. The lowest BCUT2D eigenvalue weighted by Crippen LogP contribution is -3.00. The molecule has 0 amide bonds. The Morgan fingerprint density at radius 3 is 2.64 bits per heavy atom. The fourth-order valence-corrected chi connectivity index (χ4v) is 1.05. The van der Waals surface area contributed by atoms with Crippen LogP contribution < -0.4 is 17.0 Å². The lowest BCUT2D eigenvalue weighted by atomic mass is 10.6. The van der Waals surface area contributed by atoms with Crippen LogP contribution in [0.25, 0.3) is 0 Å². The van der Waals surface area contributed by atoms with Crippen LogP contribution in [0, 0.1) is 0 Å². The molecule has 4 nitrogen and oxygen atoms in total. The normalized spacial score (nSPS) is 9.86. The van der Waals surface area contributed by atoms with Crippen molar-refractivity contribution in [1.82, 2.24) is 4.57 Å². The molecule has 0 aliphatic rings. The fraction of sp³-hybridized carbons (Fsp3) is 0.667. The zero-order chi connectivity index (χ0) is 9.52. The zero-order valence-electron chi connectivity index (χ0n) is 8.65. The third kappa shape index (κ3) is 5.21. The third-order valence-corrected chi connectivity index (χ3v) is 1.75. The first-order valence-electron chi connectivity index (χ1n) is 4.40. The van der Waals surface area contributed by atoms with E-state index in [-0.39, 0.29) is 12.4 Å². The van der Waals surface area contributed by atoms with E-state index in [4.69, 9.17) is 9.47 Å². The van der Waals surface area contributed by atoms with Crippen LogP contribution in [0.15, 0.2) is 18.7 Å². The van der Waals surface area contributed by atoms with Crippen molar-refractivity contribution < 1.29 is 26.4 Å². The van der Waals surface area contributed by atoms with Crippen LogP contribution in [0.1, 0.15) is 0 Å². The van der Waals surface area contributed by atoms with Gasteiger partial charge < -0.3 is 21.9 Å². The van der Waals surface area contributed by atoms with E-state index in [9.17, 15) is 0 Å². The molecule has 1 aromatic rings. The van der Waals surface area contributed by atoms with Crippen LogP contribution in [0.4, 0.5) is 0 Å². The molecule has 1 rings (SSSR count). The maximum Gasteiger partial charge on any atom is 0.243 e. The molecule has 0 N–H and O–H groups in total. The summed E-state index contributed by atoms with van der Waals surface area (Å²) in [5.41, 5.74) is 0. The van der Waals surface area contributed by atoms with Gasteiger partial charge >= 0.3 is 0 Å². The Morgan fingerprint density at radius 2 is 2.07 bits per heavy atom. The zero-order valence-corrected chi connectivity index (χ0v) is 9.41. The Labute approximate surface area is 90.8 Å². The molecule has 0 saturated carbocycles. The Hall–Kier alpha value is -0.580. The van der Waals surface area contributed by atoms with Gasteiger partial charge in [0, 0.05) is 7.11 Å². The van der Waals surface area contributed by atoms with Crippen molar-refractivity contribution in [2.75, 3.05) is 26.9 Å². The number of imidazole rings is 1. The Kier molecular flexibility index (Phi) is 7.47. The average molecular weight is 221 g/mol. The molecule has 82 valence electrons. The van der Waals surface area contributed by atoms with E-state index >= 15 is 0 Å². The van der Waals surface area contributed by atoms with Gasteiger partial charge in [0.2, 0.25) is 6.33 Å². The first kappa shape index (κ1) is 13.4. The van der Waals surface area contributed by atoms with Crippen molar-refractivity contribution in [2.45, 2.75) is 6.54 Å². The summed E-state index contributed by atoms with van der Waals surface area (Å²) in [5.74, 6) is 0. The quantitative estimate of drug-likeness (QED) is 0.377. The van der Waals surface area contributed by atoms with Gasteiger partial charge in [-0.3, -0.25) is 0 Å². The van der Waals surface area contributed by atoms with E-state index < -0.39 is 0 Å². The summed E-state index contributed by atoms with van der Waals surface area (Å²) in [6.45, 7) is 2.96. The summed E-state index contributed by atoms with van der Waals surface area (Å²) in [5, 5.41) is 0. The topological polar surface area (TPSA) is 27.3 Å². The molecule has 0 aliphatic heterocycles. The van der Waals surface area contributed by atoms with Gasteiger partial charge in [0.15, 0.2) is 0 Å². The Bertz CT molecular complexity index is 240. The highest BCUT2D eigenvalue weighted by Gasteiger charge is 1.98. The Balaban J connectivity index is 0.00000169. The highest BCUT2D eigenvalue weighted by Crippen LogP contribution is 1.85. The minimum atomic E-state index is 0. The number of methoxy groups -OCH3 is 1. The van der Waals surface area contributed by atoms with E-state index in [1.54, 1.807) is 7.11 Å². The highest BCUT2D eigenvalue weighted by atomic mass is 35.5. The van der Waals surface area contributed by atoms with Gasteiger partial charge in [-0.15, -0.1) is 0 Å². The van der Waals surface area contributed by atoms with Crippen LogP contribution in [0.3, 0.4) is 0 Å². The van der Waals surface area contributed by atoms with Crippen LogP contribution in [0.5, 0.6) is 0 Å². The Morgan fingerprint density at radius 1 is 1.29 bits per heavy atom. The number of hydrogen-bond acceptors (Lipinski definition) is 2. The molecular formula is C9H17ClN2O2. The first-order valence-corrected chi connectivity index (χ1v) is 4.40. The molecule has 0 fully saturated rings. The first-order chi connectivity index (χ1) is 6.33. The molecule has 14 heavy (non-hydrogen) atoms. The SMILES string of the molecule is COCCOCCn1cc[n+](C)c1.[Cl-]. The van der Waals surface area contributed by atoms with Crippen molar-refractivity contribution in [3.05, 3.63) is 18.7 Å². The summed E-state index contributed by atoms with van der Waals surface area (Å²) < 4.78 is 14.3. The van der Waals surface area contributed by atoms with Crippen LogP contribution in [-0.2, 0) is 23.1 Å². The monoisotopic (exact) mass is 220 g/mol. The van der Waals surface area contributed by atoms with Crippen molar-refractivity contribution in [3.8, 4) is 0 Å². The fourth-order valence-electron chi connectivity index (χ4n) is 1.05. The number of nitrogens with zero attached hydrogens (tertiary/aromatic N) is 2. The minimum Gasteiger partial charge on any atom is -1.00 e. The van der Waals surface area contributed by atoms with Crippen LogP contribution in [0.2, 0.25) is 0 Å². The van der Waals surface area contributed by atoms with E-state index in [1.165, 1.54) is 0 Å². The largest absolute Gasteiger partial charge is 1.00 e. The number of aryl methyl sites for hydroxylation is 1. The number of halogens is 1. The second kappa shape index (κ2) is 7.79. The van der Waals surface area contributed by atoms with Gasteiger partial charge in [0.1, 0.15) is 18.9 Å². The van der Waals surface area contributed by atoms with Gasteiger partial charge in [-0.2, -0.15) is 0 Å². The molecule has 0 aliphatic carbocycles. The maximum atomic E-state index is 5.33. The van der Waals surface area contributed by atoms with Crippen molar-refractivity contribution in [3.63, 3.8) is 0 Å². The number of hydrogen-bond donors (Lipinski definition) is 0. The lowest BCUT2D eigenvalue weighted by molar-refractivity contribution is -0.671. The van der Waals surface area contributed by atoms with Gasteiger partial charge in [-0.1, -0.05) is 0 Å². The lowest BCUT2D eigenvalue weighted by Gasteiger charge is -2.00. The number of ether oxygens (including phenoxy) is 2. The van der Waals surface area contributed by atoms with E-state index in [0.29, 0.717) is 13.2 Å². The van der Waals surface area contributed by atoms with Crippen LogP contribution >= 0.6 is 0 Å². The summed E-state index contributed by atoms with van der Waals surface area (Å²) in [4.78, 5) is 0. The van der Waals surface area contributed by atoms with Gasteiger partial charge in [-0.05, 0) is 0 Å². The molecule has 0 atom stereocenters. The van der Waals surface area contributed by atoms with Gasteiger partial charge in [0.05, 0.1) is 26.9 Å². The molecule has 5 heteroatoms. The maximum absolute atomic E-state index is 5.33. The molecule has 0 saturated heterocycles. The third-order valence-electron chi connectivity index (χ3n) is 1.75. The second-order valence-electron chi connectivity index (χ2n) is 2.92. The molecule has 1 aromatic heterocycles. The van der Waals surface area contributed by atoms with Crippen molar-refractivity contribution in [1.29, 1.82) is 0 Å². The smallest absolute Gasteiger partial charge is 0.243 e. The summed E-state index contributed by atoms with van der Waals surface area (Å²) >= 11 is 0. The molecule has 0 unspecified atom stereocenters. The highest BCUT2D eigenvalue weighted by molar-refractivity contribution is 4.65. The van der Waals surface area contributed by atoms with Gasteiger partial charge in [-0.25, -0.2) is 9.13 Å². The van der Waals surface area contributed by atoms with Gasteiger partial charge in [0.25, 0.3) is 0 Å². The van der Waals surface area contributed by atoms with E-state index in [2.05, 4.69) is 4.57 Å². The standard InChI is InChI=1S/C9H17N2O2.ClH/c1-10-3-4-11(9-10)5-6-13-8-7-12-2;/h3-4,9H,5-8H2,1-2H3;1H/q+1;/p-1. The predicted octanol–water partition coefficient (Wildman–Crippen LogP) is -3.02. The molecular weight excluding hydrogens is 204 g/mol. The van der Waals surface area contributed by atoms with Crippen molar-refractivity contribution in [2.24, 2.45) is 7.05 Å². The van der Waals surface area contributed by atoms with Crippen LogP contribution in [-0.4, -0.2) is 31.5 Å². The molecule has 0 aromatic carbocycles. The van der Waals surface area contributed by atoms with Crippen molar-refractivity contribution >= 4 is 0 Å². The minimum absolute atomic E-state index is 0. The predicted molar refractivity (Wildman–Crippen MR) is 48.3 cm³/mol. The molecule has 0 spiro atoms. The average Bonchev–Trinajstić information content (AvgIpc) is 2.51. The molecule has 1 heterocycles. The number of rotatable bonds is 6. The van der Waals surface area contributed by atoms with E-state index in [0.717, 1.165) is 13.2 Å². The number of aromatic nitrogens is 2. The second-order valence-corrected chi connectivity index (χ2v) is 2.92.